The number of carbonyl (C=O) groups excluding carboxylic acids is 1. The van der Waals surface area contributed by atoms with Crippen LogP contribution in [0, 0.1) is 0 Å². The normalized spacial score (nSPS) is 16.4. The fourth-order valence-corrected chi connectivity index (χ4v) is 2.47. The summed E-state index contributed by atoms with van der Waals surface area (Å²) in [6, 6.07) is 0.125. The van der Waals surface area contributed by atoms with Crippen LogP contribution in [0.15, 0.2) is 0 Å². The van der Waals surface area contributed by atoms with E-state index in [9.17, 15) is 9.90 Å². The summed E-state index contributed by atoms with van der Waals surface area (Å²) in [5.74, 6) is 0.0355. The first-order chi connectivity index (χ1) is 8.49. The zero-order valence-corrected chi connectivity index (χ0v) is 13.0. The van der Waals surface area contributed by atoms with E-state index < -0.39 is 0 Å². The lowest BCUT2D eigenvalue weighted by Gasteiger charge is -2.26. The molecule has 108 valence electrons. The number of hydrogen-bond donors (Lipinski definition) is 3. The zero-order valence-electron chi connectivity index (χ0n) is 12.2. The lowest BCUT2D eigenvalue weighted by Crippen LogP contribution is -2.51. The molecule has 0 aliphatic rings. The van der Waals surface area contributed by atoms with Crippen LogP contribution in [0.4, 0.5) is 0 Å². The molecular formula is C13H28N2O2S. The Kier molecular flexibility index (Phi) is 9.50. The number of aliphatic hydroxyl groups is 1. The van der Waals surface area contributed by atoms with Crippen molar-refractivity contribution in [2.75, 3.05) is 12.9 Å². The Labute approximate surface area is 115 Å². The Morgan fingerprint density at radius 3 is 2.22 bits per heavy atom. The van der Waals surface area contributed by atoms with E-state index in [4.69, 9.17) is 0 Å². The molecule has 0 aliphatic heterocycles. The van der Waals surface area contributed by atoms with Crippen LogP contribution in [0.25, 0.3) is 0 Å². The molecular weight excluding hydrogens is 248 g/mol. The van der Waals surface area contributed by atoms with Crippen LogP contribution < -0.4 is 10.6 Å². The predicted octanol–water partition coefficient (Wildman–Crippen LogP) is 1.38. The van der Waals surface area contributed by atoms with Gasteiger partial charge >= 0.3 is 0 Å². The van der Waals surface area contributed by atoms with Crippen LogP contribution in [0.2, 0.25) is 0 Å². The van der Waals surface area contributed by atoms with E-state index in [0.717, 1.165) is 12.8 Å². The van der Waals surface area contributed by atoms with Crippen molar-refractivity contribution < 1.29 is 9.90 Å². The minimum absolute atomic E-state index is 0.0355. The van der Waals surface area contributed by atoms with Gasteiger partial charge in [-0.1, -0.05) is 13.8 Å². The molecule has 3 N–H and O–H groups in total. The Morgan fingerprint density at radius 1 is 1.28 bits per heavy atom. The van der Waals surface area contributed by atoms with Crippen molar-refractivity contribution in [1.82, 2.24) is 10.6 Å². The van der Waals surface area contributed by atoms with Crippen LogP contribution in [-0.4, -0.2) is 47.3 Å². The average Bonchev–Trinajstić information content (AvgIpc) is 2.36. The molecule has 0 aliphatic carbocycles. The van der Waals surface area contributed by atoms with Crippen LogP contribution in [-0.2, 0) is 4.79 Å². The largest absolute Gasteiger partial charge is 0.395 e. The number of aliphatic hydroxyl groups excluding tert-OH is 1. The van der Waals surface area contributed by atoms with Gasteiger partial charge < -0.3 is 15.7 Å². The molecule has 0 aromatic heterocycles. The topological polar surface area (TPSA) is 61.4 Å². The standard InChI is InChI=1S/C13H28N2O2S/c1-6-11(7-2)15-13(17)10(4)14-9(3)12(8-16)18-5/h9-12,14,16H,6-8H2,1-5H3,(H,15,17). The predicted molar refractivity (Wildman–Crippen MR) is 79.0 cm³/mol. The summed E-state index contributed by atoms with van der Waals surface area (Å²) in [7, 11) is 0. The number of nitrogens with one attached hydrogen (secondary N) is 2. The summed E-state index contributed by atoms with van der Waals surface area (Å²) in [5, 5.41) is 15.6. The van der Waals surface area contributed by atoms with E-state index in [1.165, 1.54) is 0 Å². The first-order valence-electron chi connectivity index (χ1n) is 6.70. The number of amides is 1. The highest BCUT2D eigenvalue weighted by atomic mass is 32.2. The molecule has 3 atom stereocenters. The Balaban J connectivity index is 4.22. The van der Waals surface area contributed by atoms with Gasteiger partial charge in [0.2, 0.25) is 5.91 Å². The summed E-state index contributed by atoms with van der Waals surface area (Å²) in [6.45, 7) is 8.13. The Bertz CT molecular complexity index is 231. The van der Waals surface area contributed by atoms with Crippen LogP contribution in [0.3, 0.4) is 0 Å². The average molecular weight is 276 g/mol. The van der Waals surface area contributed by atoms with Gasteiger partial charge in [-0.2, -0.15) is 11.8 Å². The summed E-state index contributed by atoms with van der Waals surface area (Å²) in [4.78, 5) is 12.0. The van der Waals surface area contributed by atoms with Crippen molar-refractivity contribution in [2.45, 2.75) is 63.9 Å². The van der Waals surface area contributed by atoms with E-state index in [1.807, 2.05) is 20.1 Å². The minimum Gasteiger partial charge on any atom is -0.395 e. The molecule has 0 aromatic carbocycles. The maximum absolute atomic E-state index is 12.0. The maximum atomic E-state index is 12.0. The summed E-state index contributed by atoms with van der Waals surface area (Å²) in [5.41, 5.74) is 0. The first kappa shape index (κ1) is 17.7. The molecule has 3 unspecified atom stereocenters. The molecule has 0 aromatic rings. The van der Waals surface area contributed by atoms with Gasteiger partial charge in [-0.25, -0.2) is 0 Å². The van der Waals surface area contributed by atoms with Crippen LogP contribution in [0.1, 0.15) is 40.5 Å². The third-order valence-corrected chi connectivity index (χ3v) is 4.44. The fraction of sp³-hybridized carbons (Fsp3) is 0.923. The maximum Gasteiger partial charge on any atom is 0.237 e. The Hall–Kier alpha value is -0.260. The van der Waals surface area contributed by atoms with Crippen molar-refractivity contribution in [3.8, 4) is 0 Å². The highest BCUT2D eigenvalue weighted by molar-refractivity contribution is 7.99. The smallest absolute Gasteiger partial charge is 0.237 e. The van der Waals surface area contributed by atoms with Crippen LogP contribution >= 0.6 is 11.8 Å². The van der Waals surface area contributed by atoms with E-state index in [-0.39, 0.29) is 35.9 Å². The van der Waals surface area contributed by atoms with E-state index in [1.54, 1.807) is 11.8 Å². The lowest BCUT2D eigenvalue weighted by molar-refractivity contribution is -0.123. The number of rotatable bonds is 9. The second kappa shape index (κ2) is 9.64. The highest BCUT2D eigenvalue weighted by Crippen LogP contribution is 2.10. The molecule has 0 bridgehead atoms. The summed E-state index contributed by atoms with van der Waals surface area (Å²) < 4.78 is 0. The zero-order chi connectivity index (χ0) is 14.1. The number of thioether (sulfide) groups is 1. The van der Waals surface area contributed by atoms with Gasteiger partial charge in [0.1, 0.15) is 0 Å². The summed E-state index contributed by atoms with van der Waals surface area (Å²) >= 11 is 1.61. The van der Waals surface area contributed by atoms with Gasteiger partial charge in [-0.3, -0.25) is 4.79 Å². The monoisotopic (exact) mass is 276 g/mol. The molecule has 5 heteroatoms. The summed E-state index contributed by atoms with van der Waals surface area (Å²) in [6.07, 6.45) is 3.87. The van der Waals surface area contributed by atoms with E-state index in [0.29, 0.717) is 0 Å². The number of carbonyl (C=O) groups is 1. The highest BCUT2D eigenvalue weighted by Gasteiger charge is 2.21. The van der Waals surface area contributed by atoms with Crippen LogP contribution in [0.5, 0.6) is 0 Å². The molecule has 18 heavy (non-hydrogen) atoms. The van der Waals surface area contributed by atoms with Gasteiger partial charge in [-0.05, 0) is 32.9 Å². The third kappa shape index (κ3) is 6.07. The Morgan fingerprint density at radius 2 is 1.83 bits per heavy atom. The van der Waals surface area contributed by atoms with E-state index >= 15 is 0 Å². The quantitative estimate of drug-likeness (QED) is 0.595. The van der Waals surface area contributed by atoms with Crippen molar-refractivity contribution in [3.63, 3.8) is 0 Å². The molecule has 0 fully saturated rings. The second-order valence-corrected chi connectivity index (χ2v) is 5.73. The van der Waals surface area contributed by atoms with Crippen molar-refractivity contribution in [2.24, 2.45) is 0 Å². The lowest BCUT2D eigenvalue weighted by atomic mass is 10.1. The van der Waals surface area contributed by atoms with Gasteiger partial charge in [0, 0.05) is 17.3 Å². The number of hydrogen-bond acceptors (Lipinski definition) is 4. The molecule has 0 spiro atoms. The molecule has 0 radical (unpaired) electrons. The van der Waals surface area contributed by atoms with Gasteiger partial charge in [0.15, 0.2) is 0 Å². The van der Waals surface area contributed by atoms with Crippen molar-refractivity contribution in [1.29, 1.82) is 0 Å². The fourth-order valence-electron chi connectivity index (χ4n) is 1.83. The molecule has 1 amide bonds. The van der Waals surface area contributed by atoms with Crippen molar-refractivity contribution in [3.05, 3.63) is 0 Å². The van der Waals surface area contributed by atoms with E-state index in [2.05, 4.69) is 24.5 Å². The van der Waals surface area contributed by atoms with Gasteiger partial charge in [-0.15, -0.1) is 0 Å². The third-order valence-electron chi connectivity index (χ3n) is 3.28. The SMILES string of the molecule is CCC(CC)NC(=O)C(C)NC(C)C(CO)SC. The van der Waals surface area contributed by atoms with Gasteiger partial charge in [0.05, 0.1) is 12.6 Å². The molecule has 0 saturated heterocycles. The minimum atomic E-state index is -0.234. The second-order valence-electron chi connectivity index (χ2n) is 4.66. The molecule has 0 saturated carbocycles. The molecule has 0 heterocycles. The molecule has 4 nitrogen and oxygen atoms in total. The van der Waals surface area contributed by atoms with Gasteiger partial charge in [0.25, 0.3) is 0 Å². The van der Waals surface area contributed by atoms with Crippen molar-refractivity contribution >= 4 is 17.7 Å². The first-order valence-corrected chi connectivity index (χ1v) is 7.98. The molecule has 0 rings (SSSR count).